The maximum Gasteiger partial charge on any atom is 0.119 e. The van der Waals surface area contributed by atoms with E-state index in [0.29, 0.717) is 0 Å². The Morgan fingerprint density at radius 3 is 1.62 bits per heavy atom. The van der Waals surface area contributed by atoms with Gasteiger partial charge >= 0.3 is 0 Å². The van der Waals surface area contributed by atoms with Gasteiger partial charge in [-0.25, -0.2) is 0 Å². The highest BCUT2D eigenvalue weighted by atomic mass is 16.5. The molecule has 212 valence electrons. The maximum atomic E-state index is 5.96. The third kappa shape index (κ3) is 12.9. The van der Waals surface area contributed by atoms with Crippen molar-refractivity contribution in [2.45, 2.75) is 123 Å². The minimum absolute atomic E-state index is 0.818. The van der Waals surface area contributed by atoms with Crippen LogP contribution in [0.1, 0.15) is 121 Å². The fraction of sp³-hybridized carbons (Fsp3) is 0.541. The number of hydrogen-bond acceptors (Lipinski definition) is 2. The molecular weight excluding hydrogens is 474 g/mol. The molecular formula is C37H53NO. The fourth-order valence-electron chi connectivity index (χ4n) is 5.17. The monoisotopic (exact) mass is 527 g/mol. The van der Waals surface area contributed by atoms with Crippen molar-refractivity contribution in [3.8, 4) is 16.9 Å². The summed E-state index contributed by atoms with van der Waals surface area (Å²) in [7, 11) is 0. The SMILES string of the molecule is CCCCCCCCCOc1ccc(-c2ccc(CCc3ccc(CCCCCCCCC)cn3)cc2)cc1. The van der Waals surface area contributed by atoms with Crippen LogP contribution in [0.5, 0.6) is 5.75 Å². The minimum atomic E-state index is 0.818. The van der Waals surface area contributed by atoms with Gasteiger partial charge in [-0.05, 0) is 72.6 Å². The molecule has 2 nitrogen and oxygen atoms in total. The Balaban J connectivity index is 1.33. The van der Waals surface area contributed by atoms with E-state index in [0.717, 1.165) is 38.0 Å². The van der Waals surface area contributed by atoms with Crippen molar-refractivity contribution in [3.63, 3.8) is 0 Å². The van der Waals surface area contributed by atoms with E-state index in [1.165, 1.54) is 111 Å². The lowest BCUT2D eigenvalue weighted by molar-refractivity contribution is 0.304. The Bertz CT molecular complexity index is 991. The van der Waals surface area contributed by atoms with Crippen LogP contribution >= 0.6 is 0 Å². The summed E-state index contributed by atoms with van der Waals surface area (Å²) in [5, 5.41) is 0. The molecule has 0 saturated heterocycles. The molecule has 0 N–H and O–H groups in total. The second-order valence-electron chi connectivity index (χ2n) is 11.2. The topological polar surface area (TPSA) is 22.1 Å². The van der Waals surface area contributed by atoms with E-state index >= 15 is 0 Å². The van der Waals surface area contributed by atoms with Gasteiger partial charge in [0.2, 0.25) is 0 Å². The summed E-state index contributed by atoms with van der Waals surface area (Å²) in [6.45, 7) is 5.37. The summed E-state index contributed by atoms with van der Waals surface area (Å²) in [4.78, 5) is 4.74. The lowest BCUT2D eigenvalue weighted by atomic mass is 10.0. The zero-order valence-corrected chi connectivity index (χ0v) is 24.9. The van der Waals surface area contributed by atoms with Gasteiger partial charge in [-0.15, -0.1) is 0 Å². The molecule has 0 radical (unpaired) electrons. The second-order valence-corrected chi connectivity index (χ2v) is 11.2. The fourth-order valence-corrected chi connectivity index (χ4v) is 5.17. The largest absolute Gasteiger partial charge is 0.494 e. The molecule has 3 aromatic rings. The molecule has 1 aromatic heterocycles. The number of benzene rings is 2. The molecule has 2 aromatic carbocycles. The van der Waals surface area contributed by atoms with E-state index in [1.807, 2.05) is 0 Å². The smallest absolute Gasteiger partial charge is 0.119 e. The molecule has 0 aliphatic carbocycles. The number of aromatic nitrogens is 1. The van der Waals surface area contributed by atoms with Crippen molar-refractivity contribution in [3.05, 3.63) is 83.7 Å². The highest BCUT2D eigenvalue weighted by molar-refractivity contribution is 5.64. The van der Waals surface area contributed by atoms with E-state index in [1.54, 1.807) is 0 Å². The predicted octanol–water partition coefficient (Wildman–Crippen LogP) is 11.0. The van der Waals surface area contributed by atoms with Gasteiger partial charge in [0, 0.05) is 11.9 Å². The second kappa shape index (κ2) is 19.4. The molecule has 0 amide bonds. The Morgan fingerprint density at radius 2 is 1.03 bits per heavy atom. The number of ether oxygens (including phenoxy) is 1. The highest BCUT2D eigenvalue weighted by Gasteiger charge is 2.03. The molecule has 0 spiro atoms. The summed E-state index contributed by atoms with van der Waals surface area (Å²) < 4.78 is 5.96. The molecule has 2 heteroatoms. The van der Waals surface area contributed by atoms with Crippen LogP contribution < -0.4 is 4.74 Å². The molecule has 0 aliphatic heterocycles. The van der Waals surface area contributed by atoms with Crippen LogP contribution in [0.15, 0.2) is 66.9 Å². The van der Waals surface area contributed by atoms with E-state index < -0.39 is 0 Å². The first kappa shape index (κ1) is 30.9. The first-order valence-electron chi connectivity index (χ1n) is 16.0. The lowest BCUT2D eigenvalue weighted by Crippen LogP contribution is -1.97. The Morgan fingerprint density at radius 1 is 0.487 bits per heavy atom. The van der Waals surface area contributed by atoms with Gasteiger partial charge in [-0.1, -0.05) is 133 Å². The average Bonchev–Trinajstić information content (AvgIpc) is 2.98. The average molecular weight is 528 g/mol. The van der Waals surface area contributed by atoms with E-state index in [4.69, 9.17) is 9.72 Å². The highest BCUT2D eigenvalue weighted by Crippen LogP contribution is 2.23. The summed E-state index contributed by atoms with van der Waals surface area (Å²) in [6.07, 6.45) is 24.0. The Hall–Kier alpha value is -2.61. The number of hydrogen-bond donors (Lipinski definition) is 0. The van der Waals surface area contributed by atoms with Crippen LogP contribution in [0.25, 0.3) is 11.1 Å². The number of rotatable bonds is 21. The van der Waals surface area contributed by atoms with Gasteiger partial charge in [0.25, 0.3) is 0 Å². The van der Waals surface area contributed by atoms with Crippen LogP contribution in [-0.4, -0.2) is 11.6 Å². The van der Waals surface area contributed by atoms with Gasteiger partial charge in [0.1, 0.15) is 5.75 Å². The molecule has 3 rings (SSSR count). The van der Waals surface area contributed by atoms with E-state index in [9.17, 15) is 0 Å². The molecule has 0 atom stereocenters. The minimum Gasteiger partial charge on any atom is -0.494 e. The zero-order chi connectivity index (χ0) is 27.4. The first-order chi connectivity index (χ1) is 19.3. The number of pyridine rings is 1. The van der Waals surface area contributed by atoms with Gasteiger partial charge < -0.3 is 4.74 Å². The van der Waals surface area contributed by atoms with Crippen LogP contribution in [0.4, 0.5) is 0 Å². The summed E-state index contributed by atoms with van der Waals surface area (Å²) in [5.41, 5.74) is 6.43. The number of aryl methyl sites for hydroxylation is 3. The van der Waals surface area contributed by atoms with Gasteiger partial charge in [0.05, 0.1) is 6.61 Å². The van der Waals surface area contributed by atoms with Crippen LogP contribution in [0.2, 0.25) is 0 Å². The molecule has 0 bridgehead atoms. The van der Waals surface area contributed by atoms with Gasteiger partial charge in [0.15, 0.2) is 0 Å². The molecule has 1 heterocycles. The van der Waals surface area contributed by atoms with Crippen molar-refractivity contribution < 1.29 is 4.74 Å². The molecule has 39 heavy (non-hydrogen) atoms. The summed E-state index contributed by atoms with van der Waals surface area (Å²) in [5.74, 6) is 0.974. The van der Waals surface area contributed by atoms with E-state index in [-0.39, 0.29) is 0 Å². The quantitative estimate of drug-likeness (QED) is 0.129. The zero-order valence-electron chi connectivity index (χ0n) is 24.9. The van der Waals surface area contributed by atoms with Gasteiger partial charge in [-0.3, -0.25) is 4.98 Å². The molecule has 0 saturated carbocycles. The number of nitrogens with zero attached hydrogens (tertiary/aromatic N) is 1. The maximum absolute atomic E-state index is 5.96. The normalized spacial score (nSPS) is 11.1. The van der Waals surface area contributed by atoms with Crippen LogP contribution in [0.3, 0.4) is 0 Å². The van der Waals surface area contributed by atoms with E-state index in [2.05, 4.69) is 80.7 Å². The van der Waals surface area contributed by atoms with Crippen molar-refractivity contribution in [1.82, 2.24) is 4.98 Å². The molecule has 0 fully saturated rings. The van der Waals surface area contributed by atoms with Crippen LogP contribution in [-0.2, 0) is 19.3 Å². The Labute approximate surface area is 239 Å². The third-order valence-electron chi connectivity index (χ3n) is 7.78. The van der Waals surface area contributed by atoms with Crippen molar-refractivity contribution in [2.24, 2.45) is 0 Å². The van der Waals surface area contributed by atoms with Crippen molar-refractivity contribution in [1.29, 1.82) is 0 Å². The summed E-state index contributed by atoms with van der Waals surface area (Å²) in [6, 6.07) is 22.1. The Kier molecular flexibility index (Phi) is 15.4. The molecule has 0 aliphatic rings. The van der Waals surface area contributed by atoms with Gasteiger partial charge in [-0.2, -0.15) is 0 Å². The van der Waals surface area contributed by atoms with Crippen LogP contribution in [0, 0.1) is 0 Å². The standard InChI is InChI=1S/C37H53NO/c1-3-5-7-9-11-13-15-17-33-21-27-36(38-31-33)26-20-32-18-22-34(23-19-32)35-24-28-37(29-25-35)39-30-16-14-12-10-8-6-4-2/h18-19,21-25,27-29,31H,3-17,20,26,30H2,1-2H3. The number of unbranched alkanes of at least 4 members (excludes halogenated alkanes) is 12. The van der Waals surface area contributed by atoms with Crippen molar-refractivity contribution >= 4 is 0 Å². The third-order valence-corrected chi connectivity index (χ3v) is 7.78. The first-order valence-corrected chi connectivity index (χ1v) is 16.0. The lowest BCUT2D eigenvalue weighted by Gasteiger charge is -2.08. The predicted molar refractivity (Wildman–Crippen MR) is 169 cm³/mol. The molecule has 0 unspecified atom stereocenters. The van der Waals surface area contributed by atoms with Crippen molar-refractivity contribution in [2.75, 3.05) is 6.61 Å². The summed E-state index contributed by atoms with van der Waals surface area (Å²) >= 11 is 0.